The van der Waals surface area contributed by atoms with E-state index in [9.17, 15) is 9.59 Å². The second kappa shape index (κ2) is 6.29. The maximum atomic E-state index is 12.7. The molecule has 1 atom stereocenters. The van der Waals surface area contributed by atoms with Crippen molar-refractivity contribution in [1.82, 2.24) is 30.5 Å². The van der Waals surface area contributed by atoms with Crippen LogP contribution in [0.1, 0.15) is 24.1 Å². The van der Waals surface area contributed by atoms with Crippen molar-refractivity contribution in [2.75, 3.05) is 13.1 Å². The van der Waals surface area contributed by atoms with Crippen LogP contribution in [-0.4, -0.2) is 44.9 Å². The number of hydrogen-bond acceptors (Lipinski definition) is 5. The lowest BCUT2D eigenvalue weighted by Gasteiger charge is -2.40. The molecule has 8 nitrogen and oxygen atoms in total. The van der Waals surface area contributed by atoms with Crippen LogP contribution in [0.15, 0.2) is 37.1 Å². The van der Waals surface area contributed by atoms with Crippen molar-refractivity contribution >= 4 is 11.9 Å². The SMILES string of the molecule is O=C1NC(=O)[C@@](c2cccnc2)(C2CCN(Cc3cnc[nH]3)CC2)N1. The van der Waals surface area contributed by atoms with Crippen molar-refractivity contribution in [3.05, 3.63) is 48.3 Å². The average molecular weight is 340 g/mol. The topological polar surface area (TPSA) is 103 Å². The van der Waals surface area contributed by atoms with E-state index in [2.05, 4.69) is 30.5 Å². The van der Waals surface area contributed by atoms with Gasteiger partial charge in [0.15, 0.2) is 5.54 Å². The van der Waals surface area contributed by atoms with Gasteiger partial charge in [-0.15, -0.1) is 0 Å². The number of pyridine rings is 1. The van der Waals surface area contributed by atoms with Crippen LogP contribution in [0.3, 0.4) is 0 Å². The molecule has 3 amide bonds. The maximum absolute atomic E-state index is 12.7. The van der Waals surface area contributed by atoms with Crippen LogP contribution in [0, 0.1) is 5.92 Å². The molecule has 0 radical (unpaired) electrons. The third-order valence-corrected chi connectivity index (χ3v) is 5.16. The molecule has 0 unspecified atom stereocenters. The smallest absolute Gasteiger partial charge is 0.322 e. The molecule has 2 aliphatic rings. The molecular formula is C17H20N6O2. The number of nitrogens with zero attached hydrogens (tertiary/aromatic N) is 3. The predicted octanol–water partition coefficient (Wildman–Crippen LogP) is 0.752. The van der Waals surface area contributed by atoms with E-state index in [0.717, 1.165) is 43.7 Å². The lowest BCUT2D eigenvalue weighted by atomic mass is 9.73. The number of nitrogens with one attached hydrogen (secondary N) is 3. The second-order valence-electron chi connectivity index (χ2n) is 6.59. The molecule has 8 heteroatoms. The monoisotopic (exact) mass is 340 g/mol. The van der Waals surface area contributed by atoms with Gasteiger partial charge >= 0.3 is 6.03 Å². The molecule has 4 heterocycles. The Morgan fingerprint density at radius 3 is 2.64 bits per heavy atom. The summed E-state index contributed by atoms with van der Waals surface area (Å²) in [7, 11) is 0. The number of piperidine rings is 1. The fourth-order valence-corrected chi connectivity index (χ4v) is 3.93. The van der Waals surface area contributed by atoms with Gasteiger partial charge < -0.3 is 10.3 Å². The zero-order valence-electron chi connectivity index (χ0n) is 13.7. The van der Waals surface area contributed by atoms with Crippen molar-refractivity contribution in [2.45, 2.75) is 24.9 Å². The van der Waals surface area contributed by atoms with E-state index in [4.69, 9.17) is 0 Å². The highest BCUT2D eigenvalue weighted by molar-refractivity contribution is 6.07. The largest absolute Gasteiger partial charge is 0.347 e. The van der Waals surface area contributed by atoms with Crippen LogP contribution in [0.5, 0.6) is 0 Å². The number of urea groups is 1. The molecule has 0 aliphatic carbocycles. The van der Waals surface area contributed by atoms with Gasteiger partial charge in [0.1, 0.15) is 0 Å². The maximum Gasteiger partial charge on any atom is 0.322 e. The summed E-state index contributed by atoms with van der Waals surface area (Å²) in [5.41, 5.74) is 0.795. The zero-order chi connectivity index (χ0) is 17.3. The van der Waals surface area contributed by atoms with Crippen LogP contribution in [0.2, 0.25) is 0 Å². The van der Waals surface area contributed by atoms with Gasteiger partial charge in [0, 0.05) is 36.4 Å². The summed E-state index contributed by atoms with van der Waals surface area (Å²) in [6.07, 6.45) is 8.47. The van der Waals surface area contributed by atoms with Gasteiger partial charge in [-0.05, 0) is 37.9 Å². The highest BCUT2D eigenvalue weighted by Gasteiger charge is 2.53. The molecule has 0 bridgehead atoms. The molecule has 4 rings (SSSR count). The van der Waals surface area contributed by atoms with E-state index in [-0.39, 0.29) is 11.8 Å². The van der Waals surface area contributed by atoms with Crippen LogP contribution in [-0.2, 0) is 16.9 Å². The van der Waals surface area contributed by atoms with E-state index in [1.165, 1.54) is 0 Å². The first-order valence-electron chi connectivity index (χ1n) is 8.42. The molecule has 0 spiro atoms. The Labute approximate surface area is 145 Å². The number of amides is 3. The quantitative estimate of drug-likeness (QED) is 0.713. The molecule has 130 valence electrons. The first kappa shape index (κ1) is 15.8. The number of aromatic nitrogens is 3. The van der Waals surface area contributed by atoms with Crippen LogP contribution in [0.4, 0.5) is 4.79 Å². The number of H-pyrrole nitrogens is 1. The number of rotatable bonds is 4. The standard InChI is InChI=1S/C17H20N6O2/c24-15-17(22-16(25)21-15,13-2-1-5-18-8-13)12-3-6-23(7-4-12)10-14-9-19-11-20-14/h1-2,5,8-9,11-12H,3-4,6-7,10H2,(H,19,20)(H2,21,22,24,25)/t17-/m0/s1. The van der Waals surface area contributed by atoms with Gasteiger partial charge in [-0.3, -0.25) is 20.0 Å². The molecule has 2 fully saturated rings. The number of hydrogen-bond donors (Lipinski definition) is 3. The number of imide groups is 1. The molecule has 2 aromatic rings. The van der Waals surface area contributed by atoms with Gasteiger partial charge in [-0.1, -0.05) is 6.07 Å². The first-order chi connectivity index (χ1) is 12.2. The van der Waals surface area contributed by atoms with Crippen molar-refractivity contribution in [2.24, 2.45) is 5.92 Å². The van der Waals surface area contributed by atoms with Crippen molar-refractivity contribution in [3.8, 4) is 0 Å². The molecule has 2 aliphatic heterocycles. The molecule has 2 saturated heterocycles. The highest BCUT2D eigenvalue weighted by Crippen LogP contribution is 2.38. The van der Waals surface area contributed by atoms with Gasteiger partial charge in [0.05, 0.1) is 6.33 Å². The zero-order valence-corrected chi connectivity index (χ0v) is 13.7. The predicted molar refractivity (Wildman–Crippen MR) is 89.2 cm³/mol. The summed E-state index contributed by atoms with van der Waals surface area (Å²) in [6.45, 7) is 2.52. The first-order valence-corrected chi connectivity index (χ1v) is 8.42. The molecule has 25 heavy (non-hydrogen) atoms. The molecule has 2 aromatic heterocycles. The van der Waals surface area contributed by atoms with E-state index in [1.54, 1.807) is 24.8 Å². The summed E-state index contributed by atoms with van der Waals surface area (Å²) in [4.78, 5) is 38.2. The summed E-state index contributed by atoms with van der Waals surface area (Å²) in [6, 6.07) is 3.21. The minimum Gasteiger partial charge on any atom is -0.347 e. The number of aromatic amines is 1. The number of carbonyl (C=O) groups excluding carboxylic acids is 2. The van der Waals surface area contributed by atoms with Crippen LogP contribution >= 0.6 is 0 Å². The van der Waals surface area contributed by atoms with Gasteiger partial charge in [0.2, 0.25) is 0 Å². The second-order valence-corrected chi connectivity index (χ2v) is 6.59. The molecule has 0 aromatic carbocycles. The van der Waals surface area contributed by atoms with Gasteiger partial charge in [0.25, 0.3) is 5.91 Å². The minimum absolute atomic E-state index is 0.0289. The fraction of sp³-hybridized carbons (Fsp3) is 0.412. The minimum atomic E-state index is -1.02. The summed E-state index contributed by atoms with van der Waals surface area (Å²) in [5.74, 6) is -0.251. The Bertz CT molecular complexity index is 755. The van der Waals surface area contributed by atoms with Crippen molar-refractivity contribution in [1.29, 1.82) is 0 Å². The van der Waals surface area contributed by atoms with E-state index < -0.39 is 11.6 Å². The molecule has 3 N–H and O–H groups in total. The van der Waals surface area contributed by atoms with Crippen molar-refractivity contribution in [3.63, 3.8) is 0 Å². The fourth-order valence-electron chi connectivity index (χ4n) is 3.93. The summed E-state index contributed by atoms with van der Waals surface area (Å²) in [5, 5.41) is 5.30. The number of imidazole rings is 1. The Morgan fingerprint density at radius 1 is 1.20 bits per heavy atom. The van der Waals surface area contributed by atoms with E-state index in [0.29, 0.717) is 0 Å². The highest BCUT2D eigenvalue weighted by atomic mass is 16.2. The van der Waals surface area contributed by atoms with Crippen molar-refractivity contribution < 1.29 is 9.59 Å². The Hall–Kier alpha value is -2.74. The Morgan fingerprint density at radius 2 is 2.04 bits per heavy atom. The molecular weight excluding hydrogens is 320 g/mol. The lowest BCUT2D eigenvalue weighted by Crippen LogP contribution is -2.53. The van der Waals surface area contributed by atoms with Crippen LogP contribution < -0.4 is 10.6 Å². The van der Waals surface area contributed by atoms with Gasteiger partial charge in [-0.25, -0.2) is 9.78 Å². The van der Waals surface area contributed by atoms with Crippen LogP contribution in [0.25, 0.3) is 0 Å². The van der Waals surface area contributed by atoms with Gasteiger partial charge in [-0.2, -0.15) is 0 Å². The molecule has 0 saturated carbocycles. The third kappa shape index (κ3) is 2.78. The average Bonchev–Trinajstić information content (AvgIpc) is 3.24. The lowest BCUT2D eigenvalue weighted by molar-refractivity contribution is -0.127. The number of carbonyl (C=O) groups is 2. The van der Waals surface area contributed by atoms with E-state index >= 15 is 0 Å². The van der Waals surface area contributed by atoms with E-state index in [1.807, 2.05) is 12.3 Å². The summed E-state index contributed by atoms with van der Waals surface area (Å²) >= 11 is 0. The Balaban J connectivity index is 1.54. The third-order valence-electron chi connectivity index (χ3n) is 5.16. The summed E-state index contributed by atoms with van der Waals surface area (Å²) < 4.78 is 0. The Kier molecular flexibility index (Phi) is 3.96. The normalized spacial score (nSPS) is 25.0. The number of likely N-dealkylation sites (tertiary alicyclic amines) is 1.